The van der Waals surface area contributed by atoms with Gasteiger partial charge in [-0.3, -0.25) is 4.79 Å². The monoisotopic (exact) mass is 324 g/mol. The first-order chi connectivity index (χ1) is 11.1. The maximum absolute atomic E-state index is 14.1. The molecule has 0 radical (unpaired) electrons. The van der Waals surface area contributed by atoms with Gasteiger partial charge in [0.1, 0.15) is 12.3 Å². The molecule has 1 aromatic carbocycles. The lowest BCUT2D eigenvalue weighted by molar-refractivity contribution is -0.121. The average Bonchev–Trinajstić information content (AvgIpc) is 2.84. The second kappa shape index (κ2) is 8.38. The van der Waals surface area contributed by atoms with Crippen LogP contribution >= 0.6 is 0 Å². The largest absolute Gasteiger partial charge is 0.396 e. The molecular weight excluding hydrogens is 299 g/mol. The van der Waals surface area contributed by atoms with Gasteiger partial charge in [0, 0.05) is 38.1 Å². The second-order valence-corrected chi connectivity index (χ2v) is 6.06. The van der Waals surface area contributed by atoms with Crippen LogP contribution in [0.25, 0.3) is 0 Å². The van der Waals surface area contributed by atoms with Crippen LogP contribution in [-0.2, 0) is 4.79 Å². The molecule has 4 N–H and O–H groups in total. The molecule has 1 amide bonds. The Hall–Kier alpha value is -1.50. The minimum absolute atomic E-state index is 0.00728. The third kappa shape index (κ3) is 4.50. The number of nitrogens with one attached hydrogen (secondary N) is 2. The molecule has 2 rings (SSSR count). The molecule has 1 aliphatic rings. The van der Waals surface area contributed by atoms with Crippen LogP contribution in [0.5, 0.6) is 0 Å². The Kier molecular flexibility index (Phi) is 6.50. The molecule has 0 aromatic heterocycles. The quantitative estimate of drug-likeness (QED) is 0.596. The first kappa shape index (κ1) is 17.8. The zero-order valence-electron chi connectivity index (χ0n) is 13.3. The molecule has 1 saturated heterocycles. The van der Waals surface area contributed by atoms with Crippen molar-refractivity contribution in [2.24, 2.45) is 0 Å². The molecule has 5 nitrogen and oxygen atoms in total. The first-order valence-electron chi connectivity index (χ1n) is 8.01. The number of hydrogen-bond acceptors (Lipinski definition) is 4. The Morgan fingerprint density at radius 1 is 1.35 bits per heavy atom. The standard InChI is InChI=1S/C17H25FN2O3/c1-19-15(22)9-14-16(18)17(23)13(20-14)8-7-12(10-21)11-5-3-2-4-6-11/h2-6,12-14,16-17,20-21,23H,7-10H2,1H3,(H,19,22)/t12?,13-,14-,16+,17-/m1/s1. The number of benzene rings is 1. The van der Waals surface area contributed by atoms with Crippen molar-refractivity contribution in [2.45, 2.75) is 49.5 Å². The normalized spacial score (nSPS) is 28.5. The Bertz CT molecular complexity index is 500. The summed E-state index contributed by atoms with van der Waals surface area (Å²) in [6.07, 6.45) is -1.41. The molecule has 0 spiro atoms. The van der Waals surface area contributed by atoms with Crippen molar-refractivity contribution in [1.29, 1.82) is 0 Å². The number of alkyl halides is 1. The highest BCUT2D eigenvalue weighted by atomic mass is 19.1. The summed E-state index contributed by atoms with van der Waals surface area (Å²) in [7, 11) is 1.50. The molecule has 0 bridgehead atoms. The highest BCUT2D eigenvalue weighted by molar-refractivity contribution is 5.76. The topological polar surface area (TPSA) is 81.6 Å². The van der Waals surface area contributed by atoms with Gasteiger partial charge in [0.2, 0.25) is 5.91 Å². The lowest BCUT2D eigenvalue weighted by Gasteiger charge is -2.19. The summed E-state index contributed by atoms with van der Waals surface area (Å²) in [6, 6.07) is 8.57. The molecule has 23 heavy (non-hydrogen) atoms. The molecule has 1 unspecified atom stereocenters. The number of aliphatic hydroxyl groups is 2. The van der Waals surface area contributed by atoms with Crippen LogP contribution in [0.3, 0.4) is 0 Å². The van der Waals surface area contributed by atoms with E-state index in [9.17, 15) is 19.4 Å². The third-order valence-corrected chi connectivity index (χ3v) is 4.55. The number of aliphatic hydroxyl groups excluding tert-OH is 2. The Balaban J connectivity index is 1.91. The maximum atomic E-state index is 14.1. The number of hydrogen-bond donors (Lipinski definition) is 4. The molecule has 5 atom stereocenters. The van der Waals surface area contributed by atoms with Gasteiger partial charge in [0.15, 0.2) is 0 Å². The number of halogens is 1. The van der Waals surface area contributed by atoms with E-state index in [1.54, 1.807) is 0 Å². The molecule has 1 aromatic rings. The summed E-state index contributed by atoms with van der Waals surface area (Å²) in [5.41, 5.74) is 1.03. The fraction of sp³-hybridized carbons (Fsp3) is 0.588. The van der Waals surface area contributed by atoms with Crippen molar-refractivity contribution in [3.63, 3.8) is 0 Å². The van der Waals surface area contributed by atoms with E-state index in [4.69, 9.17) is 0 Å². The maximum Gasteiger partial charge on any atom is 0.221 e. The molecule has 6 heteroatoms. The van der Waals surface area contributed by atoms with Gasteiger partial charge >= 0.3 is 0 Å². The average molecular weight is 324 g/mol. The van der Waals surface area contributed by atoms with E-state index in [2.05, 4.69) is 10.6 Å². The van der Waals surface area contributed by atoms with Crippen LogP contribution in [0.15, 0.2) is 30.3 Å². The minimum atomic E-state index is -1.46. The van der Waals surface area contributed by atoms with Gasteiger partial charge in [-0.05, 0) is 18.4 Å². The summed E-state index contributed by atoms with van der Waals surface area (Å²) in [4.78, 5) is 11.4. The molecule has 1 fully saturated rings. The summed E-state index contributed by atoms with van der Waals surface area (Å²) < 4.78 is 14.1. The predicted octanol–water partition coefficient (Wildman–Crippen LogP) is 0.718. The minimum Gasteiger partial charge on any atom is -0.396 e. The lowest BCUT2D eigenvalue weighted by Crippen LogP contribution is -2.37. The molecule has 1 heterocycles. The van der Waals surface area contributed by atoms with E-state index in [0.29, 0.717) is 12.8 Å². The zero-order valence-corrected chi connectivity index (χ0v) is 13.3. The van der Waals surface area contributed by atoms with E-state index in [1.807, 2.05) is 30.3 Å². The van der Waals surface area contributed by atoms with Crippen LogP contribution in [0, 0.1) is 0 Å². The fourth-order valence-electron chi connectivity index (χ4n) is 3.12. The number of carbonyl (C=O) groups excluding carboxylic acids is 1. The molecule has 0 aliphatic carbocycles. The number of amides is 1. The third-order valence-electron chi connectivity index (χ3n) is 4.55. The first-order valence-corrected chi connectivity index (χ1v) is 8.01. The van der Waals surface area contributed by atoms with E-state index in [0.717, 1.165) is 5.56 Å². The van der Waals surface area contributed by atoms with E-state index in [-0.39, 0.29) is 24.9 Å². The van der Waals surface area contributed by atoms with Gasteiger partial charge in [-0.15, -0.1) is 0 Å². The fourth-order valence-corrected chi connectivity index (χ4v) is 3.12. The van der Waals surface area contributed by atoms with Crippen molar-refractivity contribution >= 4 is 5.91 Å². The number of carbonyl (C=O) groups is 1. The van der Waals surface area contributed by atoms with Crippen molar-refractivity contribution in [3.05, 3.63) is 35.9 Å². The highest BCUT2D eigenvalue weighted by Gasteiger charge is 2.42. The SMILES string of the molecule is CNC(=O)C[C@H]1N[C@H](CCC(CO)c2ccccc2)[C@@H](O)[C@H]1F. The molecule has 128 valence electrons. The van der Waals surface area contributed by atoms with E-state index < -0.39 is 24.4 Å². The Morgan fingerprint density at radius 3 is 2.65 bits per heavy atom. The summed E-state index contributed by atoms with van der Waals surface area (Å²) in [5.74, 6) is -0.295. The van der Waals surface area contributed by atoms with Gasteiger partial charge < -0.3 is 20.8 Å². The van der Waals surface area contributed by atoms with Crippen molar-refractivity contribution in [2.75, 3.05) is 13.7 Å². The van der Waals surface area contributed by atoms with Gasteiger partial charge in [0.25, 0.3) is 0 Å². The van der Waals surface area contributed by atoms with Gasteiger partial charge in [-0.1, -0.05) is 30.3 Å². The van der Waals surface area contributed by atoms with Crippen LogP contribution in [-0.4, -0.2) is 54.1 Å². The Morgan fingerprint density at radius 2 is 2.04 bits per heavy atom. The Labute approximate surface area is 135 Å². The number of rotatable bonds is 7. The van der Waals surface area contributed by atoms with Crippen LogP contribution in [0.1, 0.15) is 30.7 Å². The molecular formula is C17H25FN2O3. The van der Waals surface area contributed by atoms with E-state index >= 15 is 0 Å². The van der Waals surface area contributed by atoms with Crippen LogP contribution in [0.4, 0.5) is 4.39 Å². The van der Waals surface area contributed by atoms with Gasteiger partial charge in [-0.25, -0.2) is 4.39 Å². The zero-order chi connectivity index (χ0) is 16.8. The summed E-state index contributed by atoms with van der Waals surface area (Å²) in [6.45, 7) is 0.00749. The highest BCUT2D eigenvalue weighted by Crippen LogP contribution is 2.27. The summed E-state index contributed by atoms with van der Waals surface area (Å²) >= 11 is 0. The van der Waals surface area contributed by atoms with Gasteiger partial charge in [0.05, 0.1) is 0 Å². The molecule has 0 saturated carbocycles. The van der Waals surface area contributed by atoms with Crippen molar-refractivity contribution in [1.82, 2.24) is 10.6 Å². The smallest absolute Gasteiger partial charge is 0.221 e. The lowest BCUT2D eigenvalue weighted by atomic mass is 9.92. The van der Waals surface area contributed by atoms with Gasteiger partial charge in [-0.2, -0.15) is 0 Å². The van der Waals surface area contributed by atoms with Crippen LogP contribution < -0.4 is 10.6 Å². The summed E-state index contributed by atoms with van der Waals surface area (Å²) in [5, 5.41) is 25.1. The predicted molar refractivity (Wildman–Crippen MR) is 85.8 cm³/mol. The van der Waals surface area contributed by atoms with Crippen molar-refractivity contribution in [3.8, 4) is 0 Å². The molecule has 1 aliphatic heterocycles. The second-order valence-electron chi connectivity index (χ2n) is 6.06. The van der Waals surface area contributed by atoms with Crippen LogP contribution in [0.2, 0.25) is 0 Å². The van der Waals surface area contributed by atoms with E-state index in [1.165, 1.54) is 7.05 Å². The van der Waals surface area contributed by atoms with Crippen molar-refractivity contribution < 1.29 is 19.4 Å².